The number of nitriles is 1. The minimum Gasteiger partial charge on any atom is -0.497 e. The number of carbonyl (C=O) groups is 1. The fourth-order valence-corrected chi connectivity index (χ4v) is 2.60. The highest BCUT2D eigenvalue weighted by Crippen LogP contribution is 2.30. The molecule has 1 amide bonds. The molecular formula is C19H16N2O4. The summed E-state index contributed by atoms with van der Waals surface area (Å²) in [6.07, 6.45) is 1.39. The first-order valence-corrected chi connectivity index (χ1v) is 7.56. The molecule has 1 N–H and O–H groups in total. The van der Waals surface area contributed by atoms with Gasteiger partial charge in [-0.15, -0.1) is 0 Å². The second-order valence-electron chi connectivity index (χ2n) is 5.29. The average Bonchev–Trinajstić information content (AvgIpc) is 3.09. The highest BCUT2D eigenvalue weighted by Gasteiger charge is 2.21. The molecule has 1 aromatic heterocycles. The van der Waals surface area contributed by atoms with Crippen molar-refractivity contribution < 1.29 is 18.7 Å². The van der Waals surface area contributed by atoms with Crippen molar-refractivity contribution >= 4 is 16.9 Å². The number of para-hydroxylation sites is 1. The van der Waals surface area contributed by atoms with E-state index in [2.05, 4.69) is 11.4 Å². The van der Waals surface area contributed by atoms with E-state index in [9.17, 15) is 10.1 Å². The summed E-state index contributed by atoms with van der Waals surface area (Å²) < 4.78 is 15.8. The Morgan fingerprint density at radius 1 is 1.20 bits per heavy atom. The maximum atomic E-state index is 12.6. The molecule has 0 aliphatic heterocycles. The first-order chi connectivity index (χ1) is 12.2. The third-order valence-electron chi connectivity index (χ3n) is 3.88. The number of ether oxygens (including phenoxy) is 2. The van der Waals surface area contributed by atoms with Crippen molar-refractivity contribution in [3.05, 3.63) is 59.9 Å². The molecule has 1 atom stereocenters. The third kappa shape index (κ3) is 3.12. The summed E-state index contributed by atoms with van der Waals surface area (Å²) in [6.45, 7) is 0. The lowest BCUT2D eigenvalue weighted by atomic mass is 10.1. The lowest BCUT2D eigenvalue weighted by Gasteiger charge is -2.16. The lowest BCUT2D eigenvalue weighted by molar-refractivity contribution is 0.0945. The second kappa shape index (κ2) is 6.97. The van der Waals surface area contributed by atoms with E-state index in [0.29, 0.717) is 33.6 Å². The van der Waals surface area contributed by atoms with Crippen LogP contribution >= 0.6 is 0 Å². The van der Waals surface area contributed by atoms with Crippen LogP contribution in [0.25, 0.3) is 11.0 Å². The monoisotopic (exact) mass is 336 g/mol. The van der Waals surface area contributed by atoms with Crippen molar-refractivity contribution in [2.45, 2.75) is 6.04 Å². The Hall–Kier alpha value is -3.46. The molecular weight excluding hydrogens is 320 g/mol. The molecule has 25 heavy (non-hydrogen) atoms. The predicted molar refractivity (Wildman–Crippen MR) is 91.6 cm³/mol. The second-order valence-corrected chi connectivity index (χ2v) is 5.29. The Labute approximate surface area is 144 Å². The fraction of sp³-hybridized carbons (Fsp3) is 0.158. The Morgan fingerprint density at radius 3 is 2.72 bits per heavy atom. The summed E-state index contributed by atoms with van der Waals surface area (Å²) in [4.78, 5) is 12.6. The smallest absolute Gasteiger partial charge is 0.256 e. The number of hydrogen-bond acceptors (Lipinski definition) is 5. The number of nitrogens with zero attached hydrogens (tertiary/aromatic N) is 1. The van der Waals surface area contributed by atoms with Crippen molar-refractivity contribution in [2.75, 3.05) is 14.2 Å². The molecule has 0 aliphatic carbocycles. The normalized spacial score (nSPS) is 11.6. The van der Waals surface area contributed by atoms with Gasteiger partial charge < -0.3 is 19.2 Å². The Kier molecular flexibility index (Phi) is 4.57. The van der Waals surface area contributed by atoms with Crippen LogP contribution in [0.4, 0.5) is 0 Å². The van der Waals surface area contributed by atoms with Gasteiger partial charge in [-0.2, -0.15) is 5.26 Å². The number of hydrogen-bond donors (Lipinski definition) is 1. The summed E-state index contributed by atoms with van der Waals surface area (Å²) in [5.41, 5.74) is 1.54. The molecule has 2 aromatic carbocycles. The van der Waals surface area contributed by atoms with Crippen LogP contribution in [0.5, 0.6) is 11.5 Å². The first-order valence-electron chi connectivity index (χ1n) is 7.56. The van der Waals surface area contributed by atoms with Crippen molar-refractivity contribution in [1.82, 2.24) is 5.32 Å². The van der Waals surface area contributed by atoms with Crippen LogP contribution in [-0.2, 0) is 0 Å². The molecule has 0 saturated carbocycles. The van der Waals surface area contributed by atoms with Crippen LogP contribution in [0, 0.1) is 11.3 Å². The summed E-state index contributed by atoms with van der Waals surface area (Å²) >= 11 is 0. The molecule has 1 heterocycles. The Bertz CT molecular complexity index is 955. The molecule has 0 spiro atoms. The number of amides is 1. The van der Waals surface area contributed by atoms with Gasteiger partial charge in [-0.05, 0) is 18.2 Å². The summed E-state index contributed by atoms with van der Waals surface area (Å²) in [7, 11) is 3.04. The molecule has 3 aromatic rings. The summed E-state index contributed by atoms with van der Waals surface area (Å²) in [5.74, 6) is 0.669. The van der Waals surface area contributed by atoms with E-state index in [4.69, 9.17) is 13.9 Å². The minimum atomic E-state index is -0.873. The van der Waals surface area contributed by atoms with Crippen LogP contribution in [0.1, 0.15) is 22.0 Å². The number of furan rings is 1. The number of benzene rings is 2. The zero-order valence-corrected chi connectivity index (χ0v) is 13.8. The number of rotatable bonds is 5. The SMILES string of the molecule is COc1ccc([C@H](C#N)NC(=O)c2coc3ccccc23)c(OC)c1. The van der Waals surface area contributed by atoms with Crippen molar-refractivity contribution in [2.24, 2.45) is 0 Å². The van der Waals surface area contributed by atoms with Gasteiger partial charge in [0.05, 0.1) is 25.9 Å². The molecule has 6 heteroatoms. The van der Waals surface area contributed by atoms with Crippen LogP contribution in [0.2, 0.25) is 0 Å². The van der Waals surface area contributed by atoms with E-state index >= 15 is 0 Å². The van der Waals surface area contributed by atoms with Gasteiger partial charge in [-0.3, -0.25) is 4.79 Å². The van der Waals surface area contributed by atoms with Gasteiger partial charge in [-0.25, -0.2) is 0 Å². The molecule has 0 bridgehead atoms. The van der Waals surface area contributed by atoms with Crippen LogP contribution in [0.3, 0.4) is 0 Å². The quantitative estimate of drug-likeness (QED) is 0.771. The maximum Gasteiger partial charge on any atom is 0.256 e. The minimum absolute atomic E-state index is 0.378. The molecule has 3 rings (SSSR count). The highest BCUT2D eigenvalue weighted by molar-refractivity contribution is 6.06. The van der Waals surface area contributed by atoms with Gasteiger partial charge in [-0.1, -0.05) is 18.2 Å². The molecule has 0 unspecified atom stereocenters. The van der Waals surface area contributed by atoms with Gasteiger partial charge in [0.25, 0.3) is 5.91 Å². The van der Waals surface area contributed by atoms with Crippen molar-refractivity contribution in [3.8, 4) is 17.6 Å². The number of fused-ring (bicyclic) bond motifs is 1. The highest BCUT2D eigenvalue weighted by atomic mass is 16.5. The van der Waals surface area contributed by atoms with Gasteiger partial charge >= 0.3 is 0 Å². The van der Waals surface area contributed by atoms with E-state index in [1.54, 1.807) is 37.4 Å². The van der Waals surface area contributed by atoms with E-state index in [-0.39, 0.29) is 0 Å². The maximum absolute atomic E-state index is 12.6. The lowest BCUT2D eigenvalue weighted by Crippen LogP contribution is -2.27. The topological polar surface area (TPSA) is 84.5 Å². The fourth-order valence-electron chi connectivity index (χ4n) is 2.60. The number of carbonyl (C=O) groups excluding carboxylic acids is 1. The molecule has 0 saturated heterocycles. The van der Waals surface area contributed by atoms with E-state index in [1.165, 1.54) is 13.4 Å². The van der Waals surface area contributed by atoms with Gasteiger partial charge in [0.2, 0.25) is 0 Å². The molecule has 126 valence electrons. The summed E-state index contributed by atoms with van der Waals surface area (Å²) in [5, 5.41) is 12.9. The van der Waals surface area contributed by atoms with Crippen LogP contribution in [-0.4, -0.2) is 20.1 Å². The van der Waals surface area contributed by atoms with Crippen molar-refractivity contribution in [1.29, 1.82) is 5.26 Å². The molecule has 0 fully saturated rings. The zero-order chi connectivity index (χ0) is 17.8. The Morgan fingerprint density at radius 2 is 2.00 bits per heavy atom. The standard InChI is InChI=1S/C19H16N2O4/c1-23-12-7-8-14(18(9-12)24-2)16(10-20)21-19(22)15-11-25-17-6-4-3-5-13(15)17/h3-9,11,16H,1-2H3,(H,21,22)/t16-/m0/s1. The third-order valence-corrected chi connectivity index (χ3v) is 3.88. The number of nitrogens with one attached hydrogen (secondary N) is 1. The average molecular weight is 336 g/mol. The number of methoxy groups -OCH3 is 2. The van der Waals surface area contributed by atoms with E-state index in [1.807, 2.05) is 12.1 Å². The van der Waals surface area contributed by atoms with Gasteiger partial charge in [0, 0.05) is 17.0 Å². The summed E-state index contributed by atoms with van der Waals surface area (Å²) in [6, 6.07) is 13.5. The largest absolute Gasteiger partial charge is 0.497 e. The first kappa shape index (κ1) is 16.4. The Balaban J connectivity index is 1.90. The molecule has 0 radical (unpaired) electrons. The van der Waals surface area contributed by atoms with Crippen LogP contribution in [0.15, 0.2) is 53.1 Å². The van der Waals surface area contributed by atoms with Gasteiger partial charge in [0.1, 0.15) is 29.4 Å². The molecule has 6 nitrogen and oxygen atoms in total. The molecule has 0 aliphatic rings. The van der Waals surface area contributed by atoms with E-state index in [0.717, 1.165) is 0 Å². The van der Waals surface area contributed by atoms with Gasteiger partial charge in [0.15, 0.2) is 0 Å². The van der Waals surface area contributed by atoms with E-state index < -0.39 is 11.9 Å². The van der Waals surface area contributed by atoms with Crippen LogP contribution < -0.4 is 14.8 Å². The predicted octanol–water partition coefficient (Wildman–Crippen LogP) is 3.44. The zero-order valence-electron chi connectivity index (χ0n) is 13.8. The van der Waals surface area contributed by atoms with Crippen molar-refractivity contribution in [3.63, 3.8) is 0 Å².